The summed E-state index contributed by atoms with van der Waals surface area (Å²) in [7, 11) is 1.48. The van der Waals surface area contributed by atoms with Crippen molar-refractivity contribution in [2.45, 2.75) is 37.6 Å². The number of likely N-dealkylation sites (N-methyl/N-ethyl adjacent to an activating group) is 1. The summed E-state index contributed by atoms with van der Waals surface area (Å²) in [6.07, 6.45) is 5.40. The Balaban J connectivity index is 1.37. The number of fused-ring (bicyclic) bond motifs is 1. The van der Waals surface area contributed by atoms with Gasteiger partial charge in [-0.1, -0.05) is 36.3 Å². The van der Waals surface area contributed by atoms with E-state index >= 15 is 0 Å². The molecular weight excluding hydrogens is 486 g/mol. The SMILES string of the molecule is C#Cc1ccc(OCc2ccccc2)c(CNc2ncnc3c2ncn3[C@@H]2O[C@H](C(=O)NC)[C@@H](N)[C@H]2O)c1. The number of rotatable bonds is 8. The third-order valence-corrected chi connectivity index (χ3v) is 6.37. The number of nitrogens with two attached hydrogens (primary N) is 1. The molecule has 3 heterocycles. The van der Waals surface area contributed by atoms with Gasteiger partial charge < -0.3 is 30.9 Å². The number of terminal acetylenes is 1. The second kappa shape index (κ2) is 10.9. The van der Waals surface area contributed by atoms with E-state index in [0.29, 0.717) is 35.9 Å². The molecule has 4 atom stereocenters. The number of hydrogen-bond donors (Lipinski definition) is 4. The number of carbonyl (C=O) groups excluding carboxylic acids is 1. The van der Waals surface area contributed by atoms with Crippen LogP contribution < -0.4 is 21.1 Å². The molecular formula is C27H27N7O4. The number of imidazole rings is 1. The Morgan fingerprint density at radius 2 is 2.05 bits per heavy atom. The molecule has 0 unspecified atom stereocenters. The lowest BCUT2D eigenvalue weighted by Gasteiger charge is -2.17. The van der Waals surface area contributed by atoms with Crippen LogP contribution in [-0.4, -0.2) is 55.8 Å². The van der Waals surface area contributed by atoms with E-state index in [1.165, 1.54) is 19.7 Å². The fraction of sp³-hybridized carbons (Fsp3) is 0.259. The van der Waals surface area contributed by atoms with E-state index in [1.807, 2.05) is 48.5 Å². The molecule has 1 aliphatic rings. The predicted octanol–water partition coefficient (Wildman–Crippen LogP) is 1.33. The molecule has 0 bridgehead atoms. The van der Waals surface area contributed by atoms with Gasteiger partial charge >= 0.3 is 0 Å². The van der Waals surface area contributed by atoms with Gasteiger partial charge in [0.1, 0.15) is 24.8 Å². The van der Waals surface area contributed by atoms with E-state index in [1.54, 1.807) is 4.57 Å². The first kappa shape index (κ1) is 25.2. The number of aliphatic hydroxyl groups excluding tert-OH is 1. The Morgan fingerprint density at radius 3 is 2.82 bits per heavy atom. The lowest BCUT2D eigenvalue weighted by atomic mass is 10.1. The summed E-state index contributed by atoms with van der Waals surface area (Å²) in [5, 5.41) is 16.5. The van der Waals surface area contributed by atoms with Crippen molar-refractivity contribution < 1.29 is 19.4 Å². The molecule has 194 valence electrons. The van der Waals surface area contributed by atoms with Crippen molar-refractivity contribution in [2.24, 2.45) is 5.73 Å². The second-order valence-electron chi connectivity index (χ2n) is 8.77. The molecule has 1 aliphatic heterocycles. The Morgan fingerprint density at radius 1 is 1.24 bits per heavy atom. The zero-order valence-corrected chi connectivity index (χ0v) is 20.6. The molecule has 0 saturated carbocycles. The Hall–Kier alpha value is -4.50. The van der Waals surface area contributed by atoms with Crippen LogP contribution in [0.4, 0.5) is 5.82 Å². The minimum absolute atomic E-state index is 0.352. The summed E-state index contributed by atoms with van der Waals surface area (Å²) in [5.41, 5.74) is 9.52. The molecule has 5 rings (SSSR count). The predicted molar refractivity (Wildman–Crippen MR) is 140 cm³/mol. The van der Waals surface area contributed by atoms with Crippen molar-refractivity contribution in [3.8, 4) is 18.1 Å². The average Bonchev–Trinajstić information content (AvgIpc) is 3.51. The molecule has 1 amide bonds. The van der Waals surface area contributed by atoms with Crippen molar-refractivity contribution in [1.82, 2.24) is 24.8 Å². The van der Waals surface area contributed by atoms with Crippen LogP contribution >= 0.6 is 0 Å². The van der Waals surface area contributed by atoms with Crippen LogP contribution in [0.25, 0.3) is 11.2 Å². The molecule has 2 aromatic heterocycles. The first-order valence-corrected chi connectivity index (χ1v) is 12.0. The van der Waals surface area contributed by atoms with E-state index in [-0.39, 0.29) is 0 Å². The molecule has 1 fully saturated rings. The normalized spacial score (nSPS) is 20.7. The molecule has 4 aromatic rings. The van der Waals surface area contributed by atoms with Gasteiger partial charge in [-0.25, -0.2) is 15.0 Å². The summed E-state index contributed by atoms with van der Waals surface area (Å²) in [5.74, 6) is 3.39. The van der Waals surface area contributed by atoms with Crippen LogP contribution in [0.2, 0.25) is 0 Å². The number of carbonyl (C=O) groups is 1. The highest BCUT2D eigenvalue weighted by molar-refractivity contribution is 5.83. The number of aliphatic hydroxyl groups is 1. The van der Waals surface area contributed by atoms with Crippen molar-refractivity contribution >= 4 is 22.9 Å². The zero-order chi connectivity index (χ0) is 26.6. The molecule has 11 nitrogen and oxygen atoms in total. The van der Waals surface area contributed by atoms with Crippen molar-refractivity contribution in [2.75, 3.05) is 12.4 Å². The Labute approximate surface area is 219 Å². The quantitative estimate of drug-likeness (QED) is 0.256. The molecule has 5 N–H and O–H groups in total. The third-order valence-electron chi connectivity index (χ3n) is 6.37. The number of anilines is 1. The van der Waals surface area contributed by atoms with Crippen molar-refractivity contribution in [1.29, 1.82) is 0 Å². The van der Waals surface area contributed by atoms with Gasteiger partial charge in [-0.3, -0.25) is 9.36 Å². The topological polar surface area (TPSA) is 149 Å². The molecule has 0 spiro atoms. The first-order chi connectivity index (χ1) is 18.5. The highest BCUT2D eigenvalue weighted by Gasteiger charge is 2.46. The molecule has 11 heteroatoms. The van der Waals surface area contributed by atoms with Crippen LogP contribution in [0, 0.1) is 12.3 Å². The minimum atomic E-state index is -1.14. The number of amides is 1. The van der Waals surface area contributed by atoms with Crippen LogP contribution in [0.3, 0.4) is 0 Å². The maximum atomic E-state index is 12.1. The average molecular weight is 514 g/mol. The van der Waals surface area contributed by atoms with Crippen molar-refractivity contribution in [3.05, 3.63) is 77.9 Å². The maximum absolute atomic E-state index is 12.1. The second-order valence-corrected chi connectivity index (χ2v) is 8.77. The molecule has 2 aromatic carbocycles. The van der Waals surface area contributed by atoms with E-state index in [4.69, 9.17) is 21.6 Å². The third kappa shape index (κ3) is 4.88. The van der Waals surface area contributed by atoms with Crippen molar-refractivity contribution in [3.63, 3.8) is 0 Å². The van der Waals surface area contributed by atoms with E-state index < -0.39 is 30.4 Å². The monoisotopic (exact) mass is 513 g/mol. The summed E-state index contributed by atoms with van der Waals surface area (Å²) < 4.78 is 13.4. The lowest BCUT2D eigenvalue weighted by Crippen LogP contribution is -2.46. The van der Waals surface area contributed by atoms with Gasteiger partial charge in [0, 0.05) is 24.7 Å². The lowest BCUT2D eigenvalue weighted by molar-refractivity contribution is -0.134. The van der Waals surface area contributed by atoms with Gasteiger partial charge in [-0.05, 0) is 23.8 Å². The Kier molecular flexibility index (Phi) is 7.19. The highest BCUT2D eigenvalue weighted by atomic mass is 16.5. The summed E-state index contributed by atoms with van der Waals surface area (Å²) in [4.78, 5) is 25.2. The maximum Gasteiger partial charge on any atom is 0.250 e. The Bertz CT molecular complexity index is 1480. The summed E-state index contributed by atoms with van der Waals surface area (Å²) in [6, 6.07) is 14.5. The van der Waals surface area contributed by atoms with Gasteiger partial charge in [0.05, 0.1) is 12.4 Å². The van der Waals surface area contributed by atoms with Gasteiger partial charge in [0.25, 0.3) is 5.91 Å². The number of aromatic nitrogens is 4. The number of ether oxygens (including phenoxy) is 2. The van der Waals surface area contributed by atoms with Gasteiger partial charge in [0.15, 0.2) is 29.3 Å². The molecule has 0 radical (unpaired) electrons. The first-order valence-electron chi connectivity index (χ1n) is 12.0. The fourth-order valence-electron chi connectivity index (χ4n) is 4.33. The summed E-state index contributed by atoms with van der Waals surface area (Å²) >= 11 is 0. The van der Waals surface area contributed by atoms with E-state index in [9.17, 15) is 9.90 Å². The molecule has 0 aliphatic carbocycles. The van der Waals surface area contributed by atoms with Crippen LogP contribution in [-0.2, 0) is 22.7 Å². The van der Waals surface area contributed by atoms with Crippen LogP contribution in [0.1, 0.15) is 22.9 Å². The van der Waals surface area contributed by atoms with Gasteiger partial charge in [-0.2, -0.15) is 0 Å². The van der Waals surface area contributed by atoms with Crippen LogP contribution in [0.15, 0.2) is 61.2 Å². The standard InChI is InChI=1S/C27H27N7O4/c1-3-16-9-10-19(37-13-17-7-5-4-6-8-17)18(11-16)12-30-24-21-25(32-14-31-24)34(15-33-21)27-22(35)20(28)23(38-27)26(36)29-2/h1,4-11,14-15,20,22-23,27,35H,12-13,28H2,2H3,(H,29,36)(H,30,31,32)/t20-,22+,23-,27+/m0/s1. The minimum Gasteiger partial charge on any atom is -0.489 e. The van der Waals surface area contributed by atoms with E-state index in [0.717, 1.165) is 16.7 Å². The molecule has 38 heavy (non-hydrogen) atoms. The largest absolute Gasteiger partial charge is 0.489 e. The highest BCUT2D eigenvalue weighted by Crippen LogP contribution is 2.32. The molecule has 1 saturated heterocycles. The number of benzene rings is 2. The van der Waals surface area contributed by atoms with Crippen LogP contribution in [0.5, 0.6) is 5.75 Å². The number of hydrogen-bond acceptors (Lipinski definition) is 9. The van der Waals surface area contributed by atoms with Gasteiger partial charge in [0.2, 0.25) is 0 Å². The fourth-order valence-corrected chi connectivity index (χ4v) is 4.33. The smallest absolute Gasteiger partial charge is 0.250 e. The summed E-state index contributed by atoms with van der Waals surface area (Å²) in [6.45, 7) is 0.763. The zero-order valence-electron chi connectivity index (χ0n) is 20.6. The van der Waals surface area contributed by atoms with E-state index in [2.05, 4.69) is 31.5 Å². The number of nitrogens with zero attached hydrogens (tertiary/aromatic N) is 4. The van der Waals surface area contributed by atoms with Gasteiger partial charge in [-0.15, -0.1) is 6.42 Å². The number of nitrogens with one attached hydrogen (secondary N) is 2.